The van der Waals surface area contributed by atoms with E-state index < -0.39 is 0 Å². The fourth-order valence-corrected chi connectivity index (χ4v) is 3.41. The van der Waals surface area contributed by atoms with Gasteiger partial charge in [-0.3, -0.25) is 4.79 Å². The molecule has 0 aromatic heterocycles. The predicted molar refractivity (Wildman–Crippen MR) is 83.1 cm³/mol. The molecule has 1 saturated carbocycles. The van der Waals surface area contributed by atoms with E-state index in [0.29, 0.717) is 17.1 Å². The van der Waals surface area contributed by atoms with Crippen LogP contribution in [0.25, 0.3) is 0 Å². The summed E-state index contributed by atoms with van der Waals surface area (Å²) < 4.78 is 0. The summed E-state index contributed by atoms with van der Waals surface area (Å²) in [5.41, 5.74) is 0.475. The van der Waals surface area contributed by atoms with E-state index in [4.69, 9.17) is 0 Å². The summed E-state index contributed by atoms with van der Waals surface area (Å²) in [6.45, 7) is 20.3. The van der Waals surface area contributed by atoms with Crippen molar-refractivity contribution in [2.24, 2.45) is 34.0 Å². The lowest BCUT2D eigenvalue weighted by atomic mass is 9.56. The SMILES string of the molecule is CC(C)(C)C1CC(C(C)(C)C)C(=O)C(C(C)(C)C)C1. The zero-order chi connectivity index (χ0) is 15.2. The largest absolute Gasteiger partial charge is 0.299 e. The molecule has 0 saturated heterocycles. The summed E-state index contributed by atoms with van der Waals surface area (Å²) in [6.07, 6.45) is 2.14. The Morgan fingerprint density at radius 1 is 0.684 bits per heavy atom. The smallest absolute Gasteiger partial charge is 0.140 e. The number of carbonyl (C=O) groups excluding carboxylic acids is 1. The van der Waals surface area contributed by atoms with Crippen molar-refractivity contribution >= 4 is 5.78 Å². The average molecular weight is 266 g/mol. The van der Waals surface area contributed by atoms with Crippen molar-refractivity contribution in [3.63, 3.8) is 0 Å². The first kappa shape index (κ1) is 16.7. The third-order valence-electron chi connectivity index (χ3n) is 5.04. The maximum atomic E-state index is 12.9. The molecule has 1 heteroatoms. The van der Waals surface area contributed by atoms with Crippen molar-refractivity contribution in [1.29, 1.82) is 0 Å². The Morgan fingerprint density at radius 3 is 1.21 bits per heavy atom. The van der Waals surface area contributed by atoms with Gasteiger partial charge < -0.3 is 0 Å². The van der Waals surface area contributed by atoms with Crippen LogP contribution in [0.2, 0.25) is 0 Å². The van der Waals surface area contributed by atoms with Crippen molar-refractivity contribution in [2.75, 3.05) is 0 Å². The molecule has 19 heavy (non-hydrogen) atoms. The number of hydrogen-bond donors (Lipinski definition) is 0. The quantitative estimate of drug-likeness (QED) is 0.578. The Bertz CT molecular complexity index is 306. The van der Waals surface area contributed by atoms with E-state index in [9.17, 15) is 4.79 Å². The fraction of sp³-hybridized carbons (Fsp3) is 0.944. The molecule has 1 nitrogen and oxygen atoms in total. The molecule has 0 aliphatic heterocycles. The second-order valence-electron chi connectivity index (χ2n) is 9.77. The second kappa shape index (κ2) is 4.90. The van der Waals surface area contributed by atoms with Crippen molar-refractivity contribution in [3.05, 3.63) is 0 Å². The number of rotatable bonds is 0. The minimum absolute atomic E-state index is 0.0878. The van der Waals surface area contributed by atoms with Crippen molar-refractivity contribution < 1.29 is 4.79 Å². The molecule has 2 unspecified atom stereocenters. The topological polar surface area (TPSA) is 17.1 Å². The van der Waals surface area contributed by atoms with Crippen molar-refractivity contribution in [2.45, 2.75) is 75.2 Å². The van der Waals surface area contributed by atoms with Gasteiger partial charge in [0.2, 0.25) is 0 Å². The van der Waals surface area contributed by atoms with Gasteiger partial charge in [0.25, 0.3) is 0 Å². The third-order valence-corrected chi connectivity index (χ3v) is 5.04. The summed E-state index contributed by atoms with van der Waals surface area (Å²) >= 11 is 0. The van der Waals surface area contributed by atoms with Crippen LogP contribution >= 0.6 is 0 Å². The molecule has 1 fully saturated rings. The van der Waals surface area contributed by atoms with Gasteiger partial charge in [-0.15, -0.1) is 0 Å². The molecule has 0 spiro atoms. The summed E-state index contributed by atoms with van der Waals surface area (Å²) in [4.78, 5) is 12.9. The molecule has 0 radical (unpaired) electrons. The van der Waals surface area contributed by atoms with Crippen molar-refractivity contribution in [1.82, 2.24) is 0 Å². The molecule has 1 aliphatic rings. The lowest BCUT2D eigenvalue weighted by Crippen LogP contribution is -2.47. The van der Waals surface area contributed by atoms with Crippen LogP contribution in [0.1, 0.15) is 75.2 Å². The zero-order valence-electron chi connectivity index (χ0n) is 14.6. The lowest BCUT2D eigenvalue weighted by molar-refractivity contribution is -0.140. The molecule has 0 N–H and O–H groups in total. The maximum Gasteiger partial charge on any atom is 0.140 e. The normalized spacial score (nSPS) is 30.6. The molecule has 0 aromatic rings. The Balaban J connectivity index is 3.12. The first-order chi connectivity index (χ1) is 8.24. The van der Waals surface area contributed by atoms with E-state index in [2.05, 4.69) is 62.3 Å². The summed E-state index contributed by atoms with van der Waals surface area (Å²) in [5.74, 6) is 1.60. The molecule has 2 atom stereocenters. The first-order valence-electron chi connectivity index (χ1n) is 7.78. The van der Waals surface area contributed by atoms with Gasteiger partial charge >= 0.3 is 0 Å². The maximum absolute atomic E-state index is 12.9. The average Bonchev–Trinajstić information content (AvgIpc) is 2.11. The molecular weight excluding hydrogens is 232 g/mol. The monoisotopic (exact) mass is 266 g/mol. The van der Waals surface area contributed by atoms with Crippen LogP contribution in [-0.2, 0) is 4.79 Å². The molecule has 0 bridgehead atoms. The minimum Gasteiger partial charge on any atom is -0.299 e. The second-order valence-corrected chi connectivity index (χ2v) is 9.77. The van der Waals surface area contributed by atoms with Crippen molar-refractivity contribution in [3.8, 4) is 0 Å². The van der Waals surface area contributed by atoms with E-state index in [1.54, 1.807) is 0 Å². The highest BCUT2D eigenvalue weighted by molar-refractivity contribution is 5.85. The van der Waals surface area contributed by atoms with Gasteiger partial charge in [-0.05, 0) is 35.0 Å². The van der Waals surface area contributed by atoms with E-state index in [1.807, 2.05) is 0 Å². The van der Waals surface area contributed by atoms with Crippen LogP contribution in [0, 0.1) is 34.0 Å². The van der Waals surface area contributed by atoms with Crippen LogP contribution in [-0.4, -0.2) is 5.78 Å². The van der Waals surface area contributed by atoms with E-state index in [-0.39, 0.29) is 22.7 Å². The number of carbonyl (C=O) groups is 1. The number of ketones is 1. The summed E-state index contributed by atoms with van der Waals surface area (Å²) in [5, 5.41) is 0. The lowest BCUT2D eigenvalue weighted by Gasteiger charge is -2.48. The molecule has 0 aromatic carbocycles. The first-order valence-corrected chi connectivity index (χ1v) is 7.78. The molecule has 1 rings (SSSR count). The molecule has 0 amide bonds. The van der Waals surface area contributed by atoms with Gasteiger partial charge in [-0.25, -0.2) is 0 Å². The highest BCUT2D eigenvalue weighted by Gasteiger charge is 2.48. The van der Waals surface area contributed by atoms with Crippen LogP contribution < -0.4 is 0 Å². The summed E-state index contributed by atoms with van der Waals surface area (Å²) in [6, 6.07) is 0. The van der Waals surface area contributed by atoms with Crippen LogP contribution in [0.4, 0.5) is 0 Å². The van der Waals surface area contributed by atoms with Crippen LogP contribution in [0.5, 0.6) is 0 Å². The van der Waals surface area contributed by atoms with Crippen LogP contribution in [0.15, 0.2) is 0 Å². The van der Waals surface area contributed by atoms with Crippen LogP contribution in [0.3, 0.4) is 0 Å². The van der Waals surface area contributed by atoms with E-state index >= 15 is 0 Å². The molecule has 112 valence electrons. The standard InChI is InChI=1S/C18H34O/c1-16(2,3)12-10-13(17(4,5)6)15(19)14(11-12)18(7,8)9/h12-14H,10-11H2,1-9H3. The molecule has 0 heterocycles. The third kappa shape index (κ3) is 3.83. The highest BCUT2D eigenvalue weighted by atomic mass is 16.1. The van der Waals surface area contributed by atoms with Gasteiger partial charge in [-0.2, -0.15) is 0 Å². The molecular formula is C18H34O. The number of hydrogen-bond acceptors (Lipinski definition) is 1. The van der Waals surface area contributed by atoms with Gasteiger partial charge in [0.1, 0.15) is 5.78 Å². The predicted octanol–water partition coefficient (Wildman–Crippen LogP) is 5.34. The van der Waals surface area contributed by atoms with E-state index in [1.165, 1.54) is 0 Å². The Morgan fingerprint density at radius 2 is 1.00 bits per heavy atom. The minimum atomic E-state index is 0.0878. The Kier molecular flexibility index (Phi) is 4.31. The highest BCUT2D eigenvalue weighted by Crippen LogP contribution is 2.50. The van der Waals surface area contributed by atoms with Gasteiger partial charge in [0, 0.05) is 11.8 Å². The fourth-order valence-electron chi connectivity index (χ4n) is 3.41. The Labute approximate surface area is 120 Å². The molecule has 1 aliphatic carbocycles. The van der Waals surface area contributed by atoms with Gasteiger partial charge in [-0.1, -0.05) is 62.3 Å². The summed E-state index contributed by atoms with van der Waals surface area (Å²) in [7, 11) is 0. The van der Waals surface area contributed by atoms with Gasteiger partial charge in [0.15, 0.2) is 0 Å². The number of Topliss-reactive ketones (excluding diaryl/α,β-unsaturated/α-hetero) is 1. The van der Waals surface area contributed by atoms with Gasteiger partial charge in [0.05, 0.1) is 0 Å². The zero-order valence-corrected chi connectivity index (χ0v) is 14.6. The Hall–Kier alpha value is -0.330. The van der Waals surface area contributed by atoms with E-state index in [0.717, 1.165) is 12.8 Å².